The highest BCUT2D eigenvalue weighted by atomic mass is 32.2. The van der Waals surface area contributed by atoms with Gasteiger partial charge < -0.3 is 5.32 Å². The van der Waals surface area contributed by atoms with Gasteiger partial charge in [-0.1, -0.05) is 23.4 Å². The molecule has 3 rings (SSSR count). The van der Waals surface area contributed by atoms with E-state index in [1.165, 1.54) is 6.07 Å². The van der Waals surface area contributed by atoms with Crippen LogP contribution in [0, 0.1) is 0 Å². The molecule has 10 heteroatoms. The Labute approximate surface area is 155 Å². The molecule has 0 aliphatic heterocycles. The number of anilines is 2. The molecule has 27 heavy (non-hydrogen) atoms. The highest BCUT2D eigenvalue weighted by molar-refractivity contribution is 7.92. The van der Waals surface area contributed by atoms with Gasteiger partial charge in [-0.15, -0.1) is 5.10 Å². The van der Waals surface area contributed by atoms with Crippen LogP contribution in [0.25, 0.3) is 10.9 Å². The molecule has 1 amide bonds. The summed E-state index contributed by atoms with van der Waals surface area (Å²) in [6, 6.07) is 13.2. The molecule has 9 nitrogen and oxygen atoms in total. The summed E-state index contributed by atoms with van der Waals surface area (Å²) in [4.78, 5) is 24.5. The van der Waals surface area contributed by atoms with Gasteiger partial charge in [-0.25, -0.2) is 13.1 Å². The molecule has 1 heterocycles. The number of nitrogens with zero attached hydrogens (tertiary/aromatic N) is 3. The van der Waals surface area contributed by atoms with E-state index in [2.05, 4.69) is 20.4 Å². The monoisotopic (exact) mass is 387 g/mol. The number of benzene rings is 2. The maximum atomic E-state index is 12.3. The second-order valence-electron chi connectivity index (χ2n) is 5.89. The average Bonchev–Trinajstić information content (AvgIpc) is 2.60. The standard InChI is InChI=1S/C17H17N5O4S/c1-27(25,26)20-13-6-4-5-12(11-13)18-16(23)9-10-22-17(24)14-7-2-3-8-15(14)19-21-22/h2-8,11,20H,9-10H2,1H3,(H,18,23). The van der Waals surface area contributed by atoms with Crippen LogP contribution in [0.1, 0.15) is 6.42 Å². The van der Waals surface area contributed by atoms with E-state index in [0.29, 0.717) is 22.3 Å². The van der Waals surface area contributed by atoms with E-state index < -0.39 is 10.0 Å². The molecule has 0 radical (unpaired) electrons. The summed E-state index contributed by atoms with van der Waals surface area (Å²) in [5.74, 6) is -0.339. The molecule has 2 N–H and O–H groups in total. The fraction of sp³-hybridized carbons (Fsp3) is 0.176. The van der Waals surface area contributed by atoms with E-state index in [0.717, 1.165) is 10.9 Å². The maximum absolute atomic E-state index is 12.3. The first-order chi connectivity index (χ1) is 12.8. The summed E-state index contributed by atoms with van der Waals surface area (Å²) in [5, 5.41) is 10.9. The van der Waals surface area contributed by atoms with Crippen LogP contribution >= 0.6 is 0 Å². The van der Waals surface area contributed by atoms with Crippen molar-refractivity contribution in [2.24, 2.45) is 0 Å². The molecular weight excluding hydrogens is 370 g/mol. The van der Waals surface area contributed by atoms with Crippen molar-refractivity contribution >= 4 is 38.2 Å². The summed E-state index contributed by atoms with van der Waals surface area (Å²) < 4.78 is 26.0. The fourth-order valence-electron chi connectivity index (χ4n) is 2.48. The van der Waals surface area contributed by atoms with Gasteiger partial charge in [0, 0.05) is 12.1 Å². The predicted octanol–water partition coefficient (Wildman–Crippen LogP) is 1.19. The van der Waals surface area contributed by atoms with Crippen LogP contribution in [0.15, 0.2) is 53.3 Å². The van der Waals surface area contributed by atoms with Crippen LogP contribution in [0.4, 0.5) is 11.4 Å². The Morgan fingerprint density at radius 3 is 2.63 bits per heavy atom. The van der Waals surface area contributed by atoms with Gasteiger partial charge in [-0.3, -0.25) is 14.3 Å². The van der Waals surface area contributed by atoms with Crippen molar-refractivity contribution in [2.75, 3.05) is 16.3 Å². The van der Waals surface area contributed by atoms with Crippen LogP contribution in [-0.4, -0.2) is 35.6 Å². The quantitative estimate of drug-likeness (QED) is 0.655. The normalized spacial score (nSPS) is 11.3. The van der Waals surface area contributed by atoms with E-state index in [4.69, 9.17) is 0 Å². The molecule has 0 aliphatic carbocycles. The number of rotatable bonds is 6. The highest BCUT2D eigenvalue weighted by Gasteiger charge is 2.09. The lowest BCUT2D eigenvalue weighted by molar-refractivity contribution is -0.116. The van der Waals surface area contributed by atoms with Gasteiger partial charge in [0.1, 0.15) is 5.52 Å². The topological polar surface area (TPSA) is 123 Å². The molecule has 0 aliphatic rings. The highest BCUT2D eigenvalue weighted by Crippen LogP contribution is 2.16. The average molecular weight is 387 g/mol. The summed E-state index contributed by atoms with van der Waals surface area (Å²) in [6.45, 7) is 0.0732. The molecule has 0 unspecified atom stereocenters. The molecule has 0 spiro atoms. The first kappa shape index (κ1) is 18.5. The Hall–Kier alpha value is -3.27. The Bertz CT molecular complexity index is 1160. The van der Waals surface area contributed by atoms with Crippen LogP contribution in [-0.2, 0) is 21.4 Å². The Morgan fingerprint density at radius 2 is 1.85 bits per heavy atom. The van der Waals surface area contributed by atoms with Crippen molar-refractivity contribution in [2.45, 2.75) is 13.0 Å². The number of aromatic nitrogens is 3. The first-order valence-corrected chi connectivity index (χ1v) is 9.91. The summed E-state index contributed by atoms with van der Waals surface area (Å²) in [7, 11) is -3.41. The third kappa shape index (κ3) is 4.88. The van der Waals surface area contributed by atoms with Crippen LogP contribution in [0.2, 0.25) is 0 Å². The zero-order valence-corrected chi connectivity index (χ0v) is 15.2. The van der Waals surface area contributed by atoms with Crippen molar-refractivity contribution in [3.05, 3.63) is 58.9 Å². The molecule has 0 saturated heterocycles. The largest absolute Gasteiger partial charge is 0.326 e. The number of amides is 1. The van der Waals surface area contributed by atoms with Gasteiger partial charge in [-0.2, -0.15) is 0 Å². The summed E-state index contributed by atoms with van der Waals surface area (Å²) in [5.41, 5.74) is 0.962. The van der Waals surface area contributed by atoms with Crippen molar-refractivity contribution in [1.82, 2.24) is 15.0 Å². The Balaban J connectivity index is 1.66. The first-order valence-electron chi connectivity index (χ1n) is 8.02. The second-order valence-corrected chi connectivity index (χ2v) is 7.64. The van der Waals surface area contributed by atoms with Gasteiger partial charge in [0.25, 0.3) is 5.56 Å². The molecule has 0 atom stereocenters. The van der Waals surface area contributed by atoms with Crippen molar-refractivity contribution in [3.63, 3.8) is 0 Å². The van der Waals surface area contributed by atoms with E-state index >= 15 is 0 Å². The fourth-order valence-corrected chi connectivity index (χ4v) is 3.03. The van der Waals surface area contributed by atoms with E-state index in [1.54, 1.807) is 42.5 Å². The zero-order chi connectivity index (χ0) is 19.4. The van der Waals surface area contributed by atoms with Crippen molar-refractivity contribution < 1.29 is 13.2 Å². The van der Waals surface area contributed by atoms with E-state index in [1.807, 2.05) is 0 Å². The molecule has 0 bridgehead atoms. The lowest BCUT2D eigenvalue weighted by atomic mass is 10.2. The third-order valence-corrected chi connectivity index (χ3v) is 4.24. The number of sulfonamides is 1. The molecule has 1 aromatic heterocycles. The Kier molecular flexibility index (Phi) is 5.17. The molecule has 3 aromatic rings. The van der Waals surface area contributed by atoms with E-state index in [-0.39, 0.29) is 24.4 Å². The van der Waals surface area contributed by atoms with Gasteiger partial charge in [0.15, 0.2) is 0 Å². The van der Waals surface area contributed by atoms with Gasteiger partial charge in [0.05, 0.1) is 23.9 Å². The predicted molar refractivity (Wildman–Crippen MR) is 102 cm³/mol. The lowest BCUT2D eigenvalue weighted by Crippen LogP contribution is -2.26. The number of nitrogens with one attached hydrogen (secondary N) is 2. The van der Waals surface area contributed by atoms with Gasteiger partial charge in [-0.05, 0) is 30.3 Å². The number of hydrogen-bond acceptors (Lipinski definition) is 6. The lowest BCUT2D eigenvalue weighted by Gasteiger charge is -2.09. The molecule has 0 saturated carbocycles. The number of fused-ring (bicyclic) bond motifs is 1. The minimum Gasteiger partial charge on any atom is -0.326 e. The van der Waals surface area contributed by atoms with Crippen LogP contribution in [0.5, 0.6) is 0 Å². The number of hydrogen-bond donors (Lipinski definition) is 2. The molecular formula is C17H17N5O4S. The summed E-state index contributed by atoms with van der Waals surface area (Å²) >= 11 is 0. The minimum absolute atomic E-state index is 0.0106. The van der Waals surface area contributed by atoms with E-state index in [9.17, 15) is 18.0 Å². The SMILES string of the molecule is CS(=O)(=O)Nc1cccc(NC(=O)CCn2nnc3ccccc3c2=O)c1. The van der Waals surface area contributed by atoms with Crippen molar-refractivity contribution in [3.8, 4) is 0 Å². The van der Waals surface area contributed by atoms with Crippen molar-refractivity contribution in [1.29, 1.82) is 0 Å². The third-order valence-electron chi connectivity index (χ3n) is 3.63. The molecule has 2 aromatic carbocycles. The summed E-state index contributed by atoms with van der Waals surface area (Å²) in [6.07, 6.45) is 1.05. The Morgan fingerprint density at radius 1 is 1.11 bits per heavy atom. The zero-order valence-electron chi connectivity index (χ0n) is 14.4. The maximum Gasteiger partial charge on any atom is 0.277 e. The molecule has 0 fully saturated rings. The minimum atomic E-state index is -3.41. The van der Waals surface area contributed by atoms with Gasteiger partial charge in [0.2, 0.25) is 15.9 Å². The number of carbonyl (C=O) groups excluding carboxylic acids is 1. The van der Waals surface area contributed by atoms with Crippen LogP contribution in [0.3, 0.4) is 0 Å². The smallest absolute Gasteiger partial charge is 0.277 e. The van der Waals surface area contributed by atoms with Crippen LogP contribution < -0.4 is 15.6 Å². The number of carbonyl (C=O) groups is 1. The second kappa shape index (κ2) is 7.54. The molecule has 140 valence electrons. The number of aryl methyl sites for hydroxylation is 1. The van der Waals surface area contributed by atoms with Gasteiger partial charge >= 0.3 is 0 Å².